The van der Waals surface area contributed by atoms with Crippen LogP contribution in [0.3, 0.4) is 0 Å². The molecule has 0 bridgehead atoms. The van der Waals surface area contributed by atoms with Crippen LogP contribution in [0.5, 0.6) is 5.75 Å². The van der Waals surface area contributed by atoms with Gasteiger partial charge in [-0.3, -0.25) is 0 Å². The molecule has 1 aromatic rings. The summed E-state index contributed by atoms with van der Waals surface area (Å²) in [5, 5.41) is 0. The Bertz CT molecular complexity index is 582. The fraction of sp³-hybridized carbons (Fsp3) is 0.750. The minimum Gasteiger partial charge on any atom is -0.405 e. The summed E-state index contributed by atoms with van der Waals surface area (Å²) >= 11 is 0. The average molecular weight is 397 g/mol. The quantitative estimate of drug-likeness (QED) is 0.422. The van der Waals surface area contributed by atoms with E-state index < -0.39 is 6.36 Å². The summed E-state index contributed by atoms with van der Waals surface area (Å²) in [4.78, 5) is 0. The average Bonchev–Trinajstić information content (AvgIpc) is 2.68. The van der Waals surface area contributed by atoms with Gasteiger partial charge < -0.3 is 4.74 Å². The highest BCUT2D eigenvalue weighted by molar-refractivity contribution is 5.36. The molecule has 2 saturated carbocycles. The van der Waals surface area contributed by atoms with Crippen LogP contribution in [-0.2, 0) is 0 Å². The molecular weight excluding hydrogens is 361 g/mol. The fourth-order valence-electron chi connectivity index (χ4n) is 5.57. The minimum atomic E-state index is -4.62. The molecule has 28 heavy (non-hydrogen) atoms. The molecule has 1 nitrogen and oxygen atoms in total. The van der Waals surface area contributed by atoms with Crippen LogP contribution in [0.1, 0.15) is 95.5 Å². The Morgan fingerprint density at radius 1 is 0.857 bits per heavy atom. The van der Waals surface area contributed by atoms with Crippen LogP contribution in [-0.4, -0.2) is 6.36 Å². The number of hydrogen-bond donors (Lipinski definition) is 0. The Balaban J connectivity index is 1.48. The van der Waals surface area contributed by atoms with Crippen molar-refractivity contribution in [2.75, 3.05) is 0 Å². The zero-order chi connectivity index (χ0) is 20.0. The number of ether oxygens (including phenoxy) is 1. The highest BCUT2D eigenvalue weighted by Gasteiger charge is 2.35. The van der Waals surface area contributed by atoms with Crippen LogP contribution in [0.2, 0.25) is 0 Å². The molecule has 0 saturated heterocycles. The lowest BCUT2D eigenvalue weighted by molar-refractivity contribution is -0.275. The third kappa shape index (κ3) is 6.15. The minimum absolute atomic E-state index is 0.00830. The van der Waals surface area contributed by atoms with Crippen LogP contribution in [0.25, 0.3) is 0 Å². The molecule has 0 amide bonds. The predicted molar refractivity (Wildman–Crippen MR) is 107 cm³/mol. The van der Waals surface area contributed by atoms with Gasteiger partial charge in [0.15, 0.2) is 0 Å². The van der Waals surface area contributed by atoms with Gasteiger partial charge in [0.2, 0.25) is 0 Å². The van der Waals surface area contributed by atoms with E-state index in [0.29, 0.717) is 0 Å². The van der Waals surface area contributed by atoms with Gasteiger partial charge in [-0.15, -0.1) is 13.2 Å². The molecule has 0 radical (unpaired) electrons. The number of benzene rings is 1. The van der Waals surface area contributed by atoms with Crippen molar-refractivity contribution in [2.24, 2.45) is 17.8 Å². The van der Waals surface area contributed by atoms with Gasteiger partial charge in [0.05, 0.1) is 0 Å². The van der Waals surface area contributed by atoms with Crippen molar-refractivity contribution >= 4 is 0 Å². The molecule has 3 rings (SSSR count). The number of rotatable bonds is 7. The number of para-hydroxylation sites is 1. The van der Waals surface area contributed by atoms with E-state index in [4.69, 9.17) is 0 Å². The van der Waals surface area contributed by atoms with E-state index >= 15 is 0 Å². The van der Waals surface area contributed by atoms with E-state index in [9.17, 15) is 13.2 Å². The maximum atomic E-state index is 12.7. The van der Waals surface area contributed by atoms with Crippen molar-refractivity contribution < 1.29 is 17.9 Å². The van der Waals surface area contributed by atoms with Crippen LogP contribution in [0.4, 0.5) is 13.2 Å². The van der Waals surface area contributed by atoms with Gasteiger partial charge in [-0.2, -0.15) is 0 Å². The molecule has 0 unspecified atom stereocenters. The van der Waals surface area contributed by atoms with Crippen molar-refractivity contribution in [3.63, 3.8) is 0 Å². The van der Waals surface area contributed by atoms with E-state index in [2.05, 4.69) is 11.7 Å². The van der Waals surface area contributed by atoms with E-state index in [1.165, 1.54) is 57.4 Å². The Morgan fingerprint density at radius 3 is 2.07 bits per heavy atom. The monoisotopic (exact) mass is 396 g/mol. The third-order valence-corrected chi connectivity index (χ3v) is 7.13. The highest BCUT2D eigenvalue weighted by atomic mass is 19.4. The Morgan fingerprint density at radius 2 is 1.46 bits per heavy atom. The summed E-state index contributed by atoms with van der Waals surface area (Å²) < 4.78 is 42.4. The van der Waals surface area contributed by atoms with E-state index in [1.54, 1.807) is 6.07 Å². The lowest BCUT2D eigenvalue weighted by Crippen LogP contribution is -2.26. The molecular formula is C24H35F3O. The van der Waals surface area contributed by atoms with Crippen molar-refractivity contribution in [2.45, 2.75) is 96.3 Å². The van der Waals surface area contributed by atoms with E-state index in [-0.39, 0.29) is 11.7 Å². The molecule has 0 aromatic heterocycles. The van der Waals surface area contributed by atoms with Crippen molar-refractivity contribution in [3.8, 4) is 5.75 Å². The van der Waals surface area contributed by atoms with E-state index in [1.807, 2.05) is 12.1 Å². The first-order valence-corrected chi connectivity index (χ1v) is 11.3. The molecule has 158 valence electrons. The predicted octanol–water partition coefficient (Wildman–Crippen LogP) is 8.25. The molecule has 0 N–H and O–H groups in total. The molecule has 0 aliphatic heterocycles. The van der Waals surface area contributed by atoms with Gasteiger partial charge in [0, 0.05) is 0 Å². The normalized spacial score (nSPS) is 28.9. The standard InChI is InChI=1S/C24H35F3O/c1-2-3-4-7-18-10-12-19(13-11-18)20-14-16-21(17-15-20)22-8-5-6-9-23(22)28-24(25,26)27/h5-6,8-9,18-21H,2-4,7,10-17H2,1H3/t18-,19-,20?,21?. The molecule has 4 heteroatoms. The zero-order valence-corrected chi connectivity index (χ0v) is 17.1. The summed E-state index contributed by atoms with van der Waals surface area (Å²) in [6, 6.07) is 6.71. The van der Waals surface area contributed by atoms with Crippen molar-refractivity contribution in [3.05, 3.63) is 29.8 Å². The molecule has 2 fully saturated rings. The molecule has 0 atom stereocenters. The highest BCUT2D eigenvalue weighted by Crippen LogP contribution is 2.46. The van der Waals surface area contributed by atoms with E-state index in [0.717, 1.165) is 49.0 Å². The Labute approximate surface area is 168 Å². The molecule has 2 aliphatic rings. The lowest BCUT2D eigenvalue weighted by atomic mass is 9.68. The van der Waals surface area contributed by atoms with Gasteiger partial charge in [-0.25, -0.2) is 0 Å². The lowest BCUT2D eigenvalue weighted by Gasteiger charge is -2.38. The van der Waals surface area contributed by atoms with Crippen LogP contribution in [0.15, 0.2) is 24.3 Å². The summed E-state index contributed by atoms with van der Waals surface area (Å²) in [7, 11) is 0. The largest absolute Gasteiger partial charge is 0.573 e. The summed E-state index contributed by atoms with van der Waals surface area (Å²) in [6.45, 7) is 2.26. The van der Waals surface area contributed by atoms with Gasteiger partial charge in [-0.05, 0) is 73.8 Å². The first-order valence-electron chi connectivity index (χ1n) is 11.3. The fourth-order valence-corrected chi connectivity index (χ4v) is 5.57. The Kier molecular flexibility index (Phi) is 7.70. The Hall–Kier alpha value is -1.19. The second-order valence-corrected chi connectivity index (χ2v) is 8.97. The topological polar surface area (TPSA) is 9.23 Å². The van der Waals surface area contributed by atoms with Crippen LogP contribution >= 0.6 is 0 Å². The first-order chi connectivity index (χ1) is 13.5. The van der Waals surface area contributed by atoms with Crippen molar-refractivity contribution in [1.29, 1.82) is 0 Å². The maximum Gasteiger partial charge on any atom is 0.573 e. The van der Waals surface area contributed by atoms with Gasteiger partial charge >= 0.3 is 6.36 Å². The van der Waals surface area contributed by atoms with Crippen LogP contribution in [0, 0.1) is 17.8 Å². The second kappa shape index (κ2) is 10.0. The van der Waals surface area contributed by atoms with Gasteiger partial charge in [0.1, 0.15) is 5.75 Å². The summed E-state index contributed by atoms with van der Waals surface area (Å²) in [5.74, 6) is 2.73. The smallest absolute Gasteiger partial charge is 0.405 e. The van der Waals surface area contributed by atoms with Gasteiger partial charge in [-0.1, -0.05) is 63.6 Å². The van der Waals surface area contributed by atoms with Gasteiger partial charge in [0.25, 0.3) is 0 Å². The number of alkyl halides is 3. The number of unbranched alkanes of at least 4 members (excludes halogenated alkanes) is 2. The number of hydrogen-bond acceptors (Lipinski definition) is 1. The maximum absolute atomic E-state index is 12.7. The molecule has 1 aromatic carbocycles. The molecule has 2 aliphatic carbocycles. The first kappa shape index (κ1) is 21.5. The molecule has 0 spiro atoms. The molecule has 0 heterocycles. The van der Waals surface area contributed by atoms with Crippen molar-refractivity contribution in [1.82, 2.24) is 0 Å². The second-order valence-electron chi connectivity index (χ2n) is 8.97. The van der Waals surface area contributed by atoms with Crippen LogP contribution < -0.4 is 4.74 Å². The SMILES string of the molecule is CCCCC[C@H]1CC[C@H](C2CCC(c3ccccc3OC(F)(F)F)CC2)CC1. The number of halogens is 3. The summed E-state index contributed by atoms with van der Waals surface area (Å²) in [5.41, 5.74) is 0.734. The summed E-state index contributed by atoms with van der Waals surface area (Å²) in [6.07, 6.45) is 10.6. The zero-order valence-electron chi connectivity index (χ0n) is 17.1. The third-order valence-electron chi connectivity index (χ3n) is 7.13.